The minimum Gasteiger partial charge on any atom is -0.378 e. The van der Waals surface area contributed by atoms with Crippen molar-refractivity contribution in [3.8, 4) is 0 Å². The minimum atomic E-state index is -0.242. The molecule has 0 bridgehead atoms. The monoisotopic (exact) mass is 299 g/mol. The maximum absolute atomic E-state index is 13.5. The zero-order valence-corrected chi connectivity index (χ0v) is 13.0. The highest BCUT2D eigenvalue weighted by atomic mass is 35.5. The molecule has 2 unspecified atom stereocenters. The van der Waals surface area contributed by atoms with E-state index >= 15 is 0 Å². The fourth-order valence-corrected chi connectivity index (χ4v) is 3.07. The van der Waals surface area contributed by atoms with Gasteiger partial charge in [0.05, 0.1) is 6.10 Å². The standard InChI is InChI=1S/C16H23ClFNO/c1-3-19-16(7-6-12-5-4-8-20-12)13-9-11(2)15(18)10-14(13)17/h9-10,12,16,19H,3-8H2,1-2H3. The Morgan fingerprint density at radius 2 is 2.30 bits per heavy atom. The van der Waals surface area contributed by atoms with Gasteiger partial charge in [-0.15, -0.1) is 0 Å². The van der Waals surface area contributed by atoms with E-state index in [1.54, 1.807) is 6.92 Å². The summed E-state index contributed by atoms with van der Waals surface area (Å²) >= 11 is 6.22. The SMILES string of the molecule is CCNC(CCC1CCCO1)c1cc(C)c(F)cc1Cl. The van der Waals surface area contributed by atoms with E-state index in [2.05, 4.69) is 12.2 Å². The average Bonchev–Trinajstić information content (AvgIpc) is 2.92. The number of aryl methyl sites for hydroxylation is 1. The van der Waals surface area contributed by atoms with Gasteiger partial charge in [-0.05, 0) is 56.3 Å². The van der Waals surface area contributed by atoms with Gasteiger partial charge in [-0.2, -0.15) is 0 Å². The highest BCUT2D eigenvalue weighted by molar-refractivity contribution is 6.31. The van der Waals surface area contributed by atoms with Gasteiger partial charge in [0.2, 0.25) is 0 Å². The average molecular weight is 300 g/mol. The van der Waals surface area contributed by atoms with Crippen molar-refractivity contribution >= 4 is 11.6 Å². The van der Waals surface area contributed by atoms with Crippen molar-refractivity contribution in [2.45, 2.75) is 51.7 Å². The van der Waals surface area contributed by atoms with Gasteiger partial charge < -0.3 is 10.1 Å². The summed E-state index contributed by atoms with van der Waals surface area (Å²) in [6, 6.07) is 3.44. The summed E-state index contributed by atoms with van der Waals surface area (Å²) in [5.74, 6) is -0.242. The Balaban J connectivity index is 2.08. The lowest BCUT2D eigenvalue weighted by molar-refractivity contribution is 0.0996. The minimum absolute atomic E-state index is 0.163. The normalized spacial score (nSPS) is 20.3. The second-order valence-electron chi connectivity index (χ2n) is 5.45. The van der Waals surface area contributed by atoms with E-state index in [-0.39, 0.29) is 11.9 Å². The third-order valence-electron chi connectivity index (χ3n) is 3.91. The molecule has 2 nitrogen and oxygen atoms in total. The fraction of sp³-hybridized carbons (Fsp3) is 0.625. The summed E-state index contributed by atoms with van der Waals surface area (Å²) in [5.41, 5.74) is 1.63. The number of halogens is 2. The summed E-state index contributed by atoms with van der Waals surface area (Å²) in [4.78, 5) is 0. The first kappa shape index (κ1) is 15.7. The van der Waals surface area contributed by atoms with Gasteiger partial charge in [0, 0.05) is 17.7 Å². The maximum Gasteiger partial charge on any atom is 0.127 e. The quantitative estimate of drug-likeness (QED) is 0.841. The molecular formula is C16H23ClFNO. The molecule has 1 fully saturated rings. The molecule has 112 valence electrons. The number of nitrogens with one attached hydrogen (secondary N) is 1. The van der Waals surface area contributed by atoms with Crippen LogP contribution in [0.4, 0.5) is 4.39 Å². The predicted molar refractivity (Wildman–Crippen MR) is 80.8 cm³/mol. The van der Waals surface area contributed by atoms with Crippen LogP contribution in [0.5, 0.6) is 0 Å². The van der Waals surface area contributed by atoms with Crippen LogP contribution < -0.4 is 5.32 Å². The highest BCUT2D eigenvalue weighted by Crippen LogP contribution is 2.30. The Hall–Kier alpha value is -0.640. The molecule has 2 atom stereocenters. The Kier molecular flexibility index (Phi) is 5.82. The summed E-state index contributed by atoms with van der Waals surface area (Å²) in [7, 11) is 0. The van der Waals surface area contributed by atoms with Crippen LogP contribution in [0.1, 0.15) is 49.8 Å². The molecule has 20 heavy (non-hydrogen) atoms. The van der Waals surface area contributed by atoms with Crippen LogP contribution in [0.25, 0.3) is 0 Å². The Labute approximate surface area is 125 Å². The molecule has 1 aliphatic heterocycles. The van der Waals surface area contributed by atoms with E-state index in [0.29, 0.717) is 16.7 Å². The first-order chi connectivity index (χ1) is 9.61. The Morgan fingerprint density at radius 3 is 2.95 bits per heavy atom. The summed E-state index contributed by atoms with van der Waals surface area (Å²) in [6.45, 7) is 5.59. The van der Waals surface area contributed by atoms with Crippen molar-refractivity contribution in [1.29, 1.82) is 0 Å². The van der Waals surface area contributed by atoms with Crippen molar-refractivity contribution in [3.05, 3.63) is 34.1 Å². The number of hydrogen-bond donors (Lipinski definition) is 1. The van der Waals surface area contributed by atoms with Gasteiger partial charge in [0.1, 0.15) is 5.82 Å². The second kappa shape index (κ2) is 7.39. The number of hydrogen-bond acceptors (Lipinski definition) is 2. The van der Waals surface area contributed by atoms with Crippen LogP contribution in [-0.2, 0) is 4.74 Å². The summed E-state index contributed by atoms with van der Waals surface area (Å²) in [5, 5.41) is 3.95. The van der Waals surface area contributed by atoms with Crippen LogP contribution in [0.3, 0.4) is 0 Å². The topological polar surface area (TPSA) is 21.3 Å². The summed E-state index contributed by atoms with van der Waals surface area (Å²) in [6.07, 6.45) is 4.66. The van der Waals surface area contributed by atoms with Crippen molar-refractivity contribution in [2.75, 3.05) is 13.2 Å². The van der Waals surface area contributed by atoms with Crippen molar-refractivity contribution in [2.24, 2.45) is 0 Å². The van der Waals surface area contributed by atoms with Crippen LogP contribution in [0.15, 0.2) is 12.1 Å². The zero-order valence-electron chi connectivity index (χ0n) is 12.2. The molecular weight excluding hydrogens is 277 g/mol. The van der Waals surface area contributed by atoms with Crippen LogP contribution in [0, 0.1) is 12.7 Å². The first-order valence-corrected chi connectivity index (χ1v) is 7.80. The van der Waals surface area contributed by atoms with E-state index in [4.69, 9.17) is 16.3 Å². The fourth-order valence-electron chi connectivity index (χ4n) is 2.79. The van der Waals surface area contributed by atoms with Crippen LogP contribution in [-0.4, -0.2) is 19.3 Å². The molecule has 0 aliphatic carbocycles. The molecule has 0 amide bonds. The molecule has 4 heteroatoms. The number of ether oxygens (including phenoxy) is 1. The number of rotatable bonds is 6. The second-order valence-corrected chi connectivity index (χ2v) is 5.85. The van der Waals surface area contributed by atoms with Crippen LogP contribution >= 0.6 is 11.6 Å². The van der Waals surface area contributed by atoms with Crippen LogP contribution in [0.2, 0.25) is 5.02 Å². The summed E-state index contributed by atoms with van der Waals surface area (Å²) < 4.78 is 19.2. The van der Waals surface area contributed by atoms with E-state index in [0.717, 1.165) is 44.4 Å². The van der Waals surface area contributed by atoms with Gasteiger partial charge >= 0.3 is 0 Å². The molecule has 0 saturated carbocycles. The molecule has 1 aromatic rings. The Bertz CT molecular complexity index is 446. The van der Waals surface area contributed by atoms with E-state index in [1.807, 2.05) is 6.07 Å². The third-order valence-corrected chi connectivity index (χ3v) is 4.23. The lowest BCUT2D eigenvalue weighted by atomic mass is 9.97. The van der Waals surface area contributed by atoms with Crippen molar-refractivity contribution in [1.82, 2.24) is 5.32 Å². The van der Waals surface area contributed by atoms with Gasteiger partial charge in [-0.25, -0.2) is 4.39 Å². The lowest BCUT2D eigenvalue weighted by Crippen LogP contribution is -2.23. The van der Waals surface area contributed by atoms with Gasteiger partial charge in [-0.1, -0.05) is 24.6 Å². The Morgan fingerprint density at radius 1 is 1.50 bits per heavy atom. The molecule has 1 N–H and O–H groups in total. The largest absolute Gasteiger partial charge is 0.378 e. The molecule has 1 aliphatic rings. The molecule has 2 rings (SSSR count). The zero-order chi connectivity index (χ0) is 14.5. The third kappa shape index (κ3) is 3.94. The van der Waals surface area contributed by atoms with E-state index in [9.17, 15) is 4.39 Å². The lowest BCUT2D eigenvalue weighted by Gasteiger charge is -2.22. The van der Waals surface area contributed by atoms with Gasteiger partial charge in [0.25, 0.3) is 0 Å². The molecule has 1 saturated heterocycles. The van der Waals surface area contributed by atoms with Gasteiger partial charge in [-0.3, -0.25) is 0 Å². The van der Waals surface area contributed by atoms with E-state index in [1.165, 1.54) is 6.07 Å². The molecule has 0 spiro atoms. The maximum atomic E-state index is 13.5. The van der Waals surface area contributed by atoms with Crippen molar-refractivity contribution in [3.63, 3.8) is 0 Å². The molecule has 0 radical (unpaired) electrons. The predicted octanol–water partition coefficient (Wildman–Crippen LogP) is 4.40. The first-order valence-electron chi connectivity index (χ1n) is 7.42. The van der Waals surface area contributed by atoms with E-state index < -0.39 is 0 Å². The molecule has 1 aromatic carbocycles. The van der Waals surface area contributed by atoms with Crippen molar-refractivity contribution < 1.29 is 9.13 Å². The number of benzene rings is 1. The van der Waals surface area contributed by atoms with Gasteiger partial charge in [0.15, 0.2) is 0 Å². The molecule has 0 aromatic heterocycles. The smallest absolute Gasteiger partial charge is 0.127 e. The highest BCUT2D eigenvalue weighted by Gasteiger charge is 2.20. The molecule has 1 heterocycles.